The number of hydrogen-bond donors (Lipinski definition) is 0. The van der Waals surface area contributed by atoms with Gasteiger partial charge in [-0.2, -0.15) is 0 Å². The van der Waals surface area contributed by atoms with E-state index in [1.165, 1.54) is 32.1 Å². The molecule has 0 aromatic carbocycles. The van der Waals surface area contributed by atoms with Crippen molar-refractivity contribution in [3.05, 3.63) is 24.8 Å². The summed E-state index contributed by atoms with van der Waals surface area (Å²) in [5.74, 6) is 0. The van der Waals surface area contributed by atoms with Crippen molar-refractivity contribution >= 4 is 0 Å². The van der Waals surface area contributed by atoms with Crippen LogP contribution in [0, 0.1) is 0 Å². The second kappa shape index (κ2) is 9.43. The first-order chi connectivity index (χ1) is 8.36. The van der Waals surface area contributed by atoms with Crippen LogP contribution in [-0.4, -0.2) is 19.0 Å². The quantitative estimate of drug-likeness (QED) is 0.465. The highest BCUT2D eigenvalue weighted by atomic mass is 16.7. The van der Waals surface area contributed by atoms with E-state index in [0.29, 0.717) is 0 Å². The lowest BCUT2D eigenvalue weighted by molar-refractivity contribution is -0.179. The Labute approximate surface area is 106 Å². The van der Waals surface area contributed by atoms with Crippen molar-refractivity contribution < 1.29 is 9.47 Å². The van der Waals surface area contributed by atoms with E-state index in [1.807, 2.05) is 6.08 Å². The molecule has 1 heterocycles. The summed E-state index contributed by atoms with van der Waals surface area (Å²) >= 11 is 0. The average molecular weight is 238 g/mol. The molecule has 0 radical (unpaired) electrons. The summed E-state index contributed by atoms with van der Waals surface area (Å²) in [6, 6.07) is 0. The molecule has 2 heteroatoms. The summed E-state index contributed by atoms with van der Waals surface area (Å²) in [6.07, 6.45) is 14.3. The van der Waals surface area contributed by atoms with Gasteiger partial charge in [0.15, 0.2) is 6.29 Å². The van der Waals surface area contributed by atoms with Crippen molar-refractivity contribution in [2.24, 2.45) is 0 Å². The number of allylic oxidation sites excluding steroid dienone is 2. The highest BCUT2D eigenvalue weighted by Crippen LogP contribution is 2.18. The molecule has 1 rings (SSSR count). The number of rotatable bonds is 8. The zero-order valence-corrected chi connectivity index (χ0v) is 11.1. The summed E-state index contributed by atoms with van der Waals surface area (Å²) in [5.41, 5.74) is 0. The van der Waals surface area contributed by atoms with Crippen LogP contribution >= 0.6 is 0 Å². The van der Waals surface area contributed by atoms with Gasteiger partial charge in [0.2, 0.25) is 0 Å². The Morgan fingerprint density at radius 2 is 2.29 bits per heavy atom. The Morgan fingerprint density at radius 3 is 2.94 bits per heavy atom. The third kappa shape index (κ3) is 6.64. The normalized spacial score (nSPS) is 22.8. The van der Waals surface area contributed by atoms with Gasteiger partial charge in [-0.25, -0.2) is 0 Å². The third-order valence-electron chi connectivity index (χ3n) is 3.02. The molecular weight excluding hydrogens is 212 g/mol. The highest BCUT2D eigenvalue weighted by molar-refractivity contribution is 5.01. The van der Waals surface area contributed by atoms with Crippen molar-refractivity contribution in [3.63, 3.8) is 0 Å². The average Bonchev–Trinajstić information content (AvgIpc) is 2.37. The van der Waals surface area contributed by atoms with E-state index in [0.717, 1.165) is 19.4 Å². The lowest BCUT2D eigenvalue weighted by atomic mass is 10.1. The molecule has 1 fully saturated rings. The first kappa shape index (κ1) is 14.5. The summed E-state index contributed by atoms with van der Waals surface area (Å²) < 4.78 is 11.6. The van der Waals surface area contributed by atoms with Crippen LogP contribution in [0.15, 0.2) is 24.8 Å². The van der Waals surface area contributed by atoms with Crippen molar-refractivity contribution in [3.8, 4) is 0 Å². The molecule has 98 valence electrons. The summed E-state index contributed by atoms with van der Waals surface area (Å²) in [5, 5.41) is 0. The Bertz CT molecular complexity index is 217. The molecule has 0 aromatic rings. The van der Waals surface area contributed by atoms with Gasteiger partial charge in [0.05, 0.1) is 6.10 Å². The molecule has 17 heavy (non-hydrogen) atoms. The Morgan fingerprint density at radius 1 is 1.41 bits per heavy atom. The molecule has 0 aliphatic carbocycles. The van der Waals surface area contributed by atoms with E-state index in [2.05, 4.69) is 19.6 Å². The van der Waals surface area contributed by atoms with E-state index in [1.54, 1.807) is 6.08 Å². The first-order valence-electron chi connectivity index (χ1n) is 6.93. The fourth-order valence-corrected chi connectivity index (χ4v) is 2.02. The van der Waals surface area contributed by atoms with Crippen LogP contribution in [0.4, 0.5) is 0 Å². The minimum Gasteiger partial charge on any atom is -0.353 e. The van der Waals surface area contributed by atoms with Crippen LogP contribution < -0.4 is 0 Å². The number of unbranched alkanes of at least 4 members (excludes halogenated alkanes) is 2. The van der Waals surface area contributed by atoms with E-state index in [9.17, 15) is 0 Å². The van der Waals surface area contributed by atoms with Gasteiger partial charge in [-0.15, -0.1) is 0 Å². The standard InChI is InChI=1S/C15H26O2/c1-3-5-7-11-14(10-6-4-2)17-15-12-8-9-13-16-15/h4,6,10,14-15H,2-3,5,7-9,11-13H2,1H3/b10-6+. The fourth-order valence-electron chi connectivity index (χ4n) is 2.02. The van der Waals surface area contributed by atoms with E-state index >= 15 is 0 Å². The monoisotopic (exact) mass is 238 g/mol. The predicted octanol–water partition coefficient (Wildman–Crippen LogP) is 4.22. The maximum absolute atomic E-state index is 5.98. The van der Waals surface area contributed by atoms with Crippen LogP contribution in [-0.2, 0) is 9.47 Å². The second-order valence-corrected chi connectivity index (χ2v) is 4.59. The van der Waals surface area contributed by atoms with Crippen molar-refractivity contribution in [2.75, 3.05) is 6.61 Å². The zero-order valence-electron chi connectivity index (χ0n) is 11.1. The highest BCUT2D eigenvalue weighted by Gasteiger charge is 2.17. The molecule has 0 aromatic heterocycles. The van der Waals surface area contributed by atoms with Crippen LogP contribution in [0.3, 0.4) is 0 Å². The van der Waals surface area contributed by atoms with Gasteiger partial charge in [-0.3, -0.25) is 0 Å². The molecule has 0 N–H and O–H groups in total. The van der Waals surface area contributed by atoms with Gasteiger partial charge in [-0.05, 0) is 25.7 Å². The van der Waals surface area contributed by atoms with Crippen LogP contribution in [0.25, 0.3) is 0 Å². The minimum atomic E-state index is 0.00448. The van der Waals surface area contributed by atoms with Gasteiger partial charge in [0, 0.05) is 6.61 Å². The van der Waals surface area contributed by atoms with Crippen LogP contribution in [0.5, 0.6) is 0 Å². The number of ether oxygens (including phenoxy) is 2. The molecule has 0 saturated carbocycles. The van der Waals surface area contributed by atoms with Gasteiger partial charge < -0.3 is 9.47 Å². The topological polar surface area (TPSA) is 18.5 Å². The molecule has 1 aliphatic rings. The van der Waals surface area contributed by atoms with E-state index < -0.39 is 0 Å². The smallest absolute Gasteiger partial charge is 0.158 e. The predicted molar refractivity (Wildman–Crippen MR) is 71.9 cm³/mol. The second-order valence-electron chi connectivity index (χ2n) is 4.59. The molecule has 1 aliphatic heterocycles. The van der Waals surface area contributed by atoms with Gasteiger partial charge >= 0.3 is 0 Å². The molecule has 0 bridgehead atoms. The Hall–Kier alpha value is -0.600. The van der Waals surface area contributed by atoms with Gasteiger partial charge in [-0.1, -0.05) is 51.0 Å². The fraction of sp³-hybridized carbons (Fsp3) is 0.733. The molecule has 0 amide bonds. The zero-order chi connectivity index (χ0) is 12.3. The molecular formula is C15H26O2. The number of hydrogen-bond acceptors (Lipinski definition) is 2. The van der Waals surface area contributed by atoms with Gasteiger partial charge in [0.1, 0.15) is 0 Å². The van der Waals surface area contributed by atoms with Crippen LogP contribution in [0.1, 0.15) is 51.9 Å². The molecule has 2 atom stereocenters. The summed E-state index contributed by atoms with van der Waals surface area (Å²) in [6.45, 7) is 6.77. The first-order valence-corrected chi connectivity index (χ1v) is 6.93. The maximum atomic E-state index is 5.98. The van der Waals surface area contributed by atoms with Crippen molar-refractivity contribution in [1.82, 2.24) is 0 Å². The van der Waals surface area contributed by atoms with E-state index in [4.69, 9.17) is 9.47 Å². The lowest BCUT2D eigenvalue weighted by Crippen LogP contribution is -2.27. The Kier molecular flexibility index (Phi) is 8.02. The molecule has 2 unspecified atom stereocenters. The summed E-state index contributed by atoms with van der Waals surface area (Å²) in [4.78, 5) is 0. The lowest BCUT2D eigenvalue weighted by Gasteiger charge is -2.26. The minimum absolute atomic E-state index is 0.00448. The molecule has 2 nitrogen and oxygen atoms in total. The van der Waals surface area contributed by atoms with Crippen molar-refractivity contribution in [1.29, 1.82) is 0 Å². The third-order valence-corrected chi connectivity index (χ3v) is 3.02. The SMILES string of the molecule is C=C/C=C/C(CCCCC)OC1CCCCO1. The molecule has 0 spiro atoms. The van der Waals surface area contributed by atoms with Crippen LogP contribution in [0.2, 0.25) is 0 Å². The largest absolute Gasteiger partial charge is 0.353 e. The summed E-state index contributed by atoms with van der Waals surface area (Å²) in [7, 11) is 0. The van der Waals surface area contributed by atoms with E-state index in [-0.39, 0.29) is 12.4 Å². The van der Waals surface area contributed by atoms with Gasteiger partial charge in [0.25, 0.3) is 0 Å². The maximum Gasteiger partial charge on any atom is 0.158 e. The Balaban J connectivity index is 2.32. The molecule has 1 saturated heterocycles. The van der Waals surface area contributed by atoms with Crippen molar-refractivity contribution in [2.45, 2.75) is 64.3 Å².